The van der Waals surface area contributed by atoms with Crippen LogP contribution in [0.15, 0.2) is 30.3 Å². The van der Waals surface area contributed by atoms with E-state index in [1.807, 2.05) is 0 Å². The summed E-state index contributed by atoms with van der Waals surface area (Å²) in [5.41, 5.74) is 1.39. The molecule has 1 aromatic rings. The van der Waals surface area contributed by atoms with Crippen molar-refractivity contribution in [3.63, 3.8) is 0 Å². The van der Waals surface area contributed by atoms with Crippen LogP contribution in [0, 0.1) is 0 Å². The van der Waals surface area contributed by atoms with Gasteiger partial charge in [0, 0.05) is 0 Å². The second-order valence-electron chi connectivity index (χ2n) is 5.07. The summed E-state index contributed by atoms with van der Waals surface area (Å²) in [4.78, 5) is 0. The largest absolute Gasteiger partial charge is 0.378 e. The van der Waals surface area contributed by atoms with Crippen molar-refractivity contribution in [1.29, 1.82) is 0 Å². The van der Waals surface area contributed by atoms with Crippen LogP contribution in [-0.4, -0.2) is 12.7 Å². The molecule has 1 aromatic carbocycles. The van der Waals surface area contributed by atoms with Gasteiger partial charge in [-0.25, -0.2) is 0 Å². The fourth-order valence-electron chi connectivity index (χ4n) is 2.57. The molecule has 1 fully saturated rings. The summed E-state index contributed by atoms with van der Waals surface area (Å²) in [7, 11) is 0. The Morgan fingerprint density at radius 3 is 2.24 bits per heavy atom. The van der Waals surface area contributed by atoms with E-state index < -0.39 is 0 Å². The molecule has 0 radical (unpaired) electrons. The molecule has 1 aliphatic carbocycles. The topological polar surface area (TPSA) is 9.23 Å². The summed E-state index contributed by atoms with van der Waals surface area (Å²) >= 11 is 0. The van der Waals surface area contributed by atoms with Gasteiger partial charge in [-0.3, -0.25) is 0 Å². The summed E-state index contributed by atoms with van der Waals surface area (Å²) in [6, 6.07) is 10.6. The van der Waals surface area contributed by atoms with Gasteiger partial charge < -0.3 is 4.74 Å². The van der Waals surface area contributed by atoms with Crippen molar-refractivity contribution >= 4 is 0 Å². The summed E-state index contributed by atoms with van der Waals surface area (Å²) in [5, 5.41) is 0. The number of hydrogen-bond donors (Lipinski definition) is 0. The van der Waals surface area contributed by atoms with E-state index in [1.54, 1.807) is 0 Å². The van der Waals surface area contributed by atoms with E-state index in [9.17, 15) is 0 Å². The Morgan fingerprint density at radius 2 is 1.53 bits per heavy atom. The molecule has 0 aliphatic heterocycles. The van der Waals surface area contributed by atoms with Crippen LogP contribution in [0.5, 0.6) is 0 Å². The summed E-state index contributed by atoms with van der Waals surface area (Å²) in [6.07, 6.45) is 11.1. The highest BCUT2D eigenvalue weighted by Gasteiger charge is 2.11. The second kappa shape index (κ2) is 7.50. The van der Waals surface area contributed by atoms with Crippen molar-refractivity contribution in [3.8, 4) is 0 Å². The summed E-state index contributed by atoms with van der Waals surface area (Å²) < 4.78 is 6.02. The van der Waals surface area contributed by atoms with Gasteiger partial charge in [-0.2, -0.15) is 0 Å². The van der Waals surface area contributed by atoms with Crippen molar-refractivity contribution in [3.05, 3.63) is 35.9 Å². The van der Waals surface area contributed by atoms with Gasteiger partial charge in [0.15, 0.2) is 0 Å². The first-order chi connectivity index (χ1) is 8.45. The maximum atomic E-state index is 6.02. The minimum absolute atomic E-state index is 0.527. The molecule has 0 spiro atoms. The zero-order valence-corrected chi connectivity index (χ0v) is 10.7. The van der Waals surface area contributed by atoms with E-state index in [0.29, 0.717) is 6.10 Å². The van der Waals surface area contributed by atoms with Crippen molar-refractivity contribution in [1.82, 2.24) is 0 Å². The first-order valence-electron chi connectivity index (χ1n) is 7.11. The van der Waals surface area contributed by atoms with Gasteiger partial charge in [-0.15, -0.1) is 0 Å². The Morgan fingerprint density at radius 1 is 0.882 bits per heavy atom. The van der Waals surface area contributed by atoms with Gasteiger partial charge in [0.05, 0.1) is 12.7 Å². The standard InChI is InChI=1S/C16H24O/c1-2-7-11-16(12-8-3-1)17-14-13-15-9-5-4-6-10-15/h4-6,9-10,16H,1-3,7-8,11-14H2. The fraction of sp³-hybridized carbons (Fsp3) is 0.625. The third-order valence-electron chi connectivity index (χ3n) is 3.64. The number of ether oxygens (including phenoxy) is 1. The van der Waals surface area contributed by atoms with Crippen LogP contribution in [-0.2, 0) is 11.2 Å². The molecule has 2 rings (SSSR count). The molecule has 0 amide bonds. The molecule has 0 N–H and O–H groups in total. The van der Waals surface area contributed by atoms with E-state index in [0.717, 1.165) is 13.0 Å². The van der Waals surface area contributed by atoms with Crippen LogP contribution in [0.4, 0.5) is 0 Å². The highest BCUT2D eigenvalue weighted by molar-refractivity contribution is 5.14. The monoisotopic (exact) mass is 232 g/mol. The van der Waals surface area contributed by atoms with Crippen molar-refractivity contribution in [2.45, 2.75) is 57.5 Å². The lowest BCUT2D eigenvalue weighted by molar-refractivity contribution is 0.0374. The predicted octanol–water partition coefficient (Wildman–Crippen LogP) is 4.36. The SMILES string of the molecule is c1ccc(CCOC2CCCCCCC2)cc1. The summed E-state index contributed by atoms with van der Waals surface area (Å²) in [6.45, 7) is 0.884. The zero-order chi connectivity index (χ0) is 11.8. The maximum absolute atomic E-state index is 6.02. The van der Waals surface area contributed by atoms with Crippen LogP contribution in [0.3, 0.4) is 0 Å². The Hall–Kier alpha value is -0.820. The van der Waals surface area contributed by atoms with Gasteiger partial charge in [0.25, 0.3) is 0 Å². The van der Waals surface area contributed by atoms with Crippen LogP contribution in [0.25, 0.3) is 0 Å². The van der Waals surface area contributed by atoms with Crippen LogP contribution in [0.1, 0.15) is 50.5 Å². The van der Waals surface area contributed by atoms with Crippen molar-refractivity contribution in [2.24, 2.45) is 0 Å². The molecular weight excluding hydrogens is 208 g/mol. The second-order valence-corrected chi connectivity index (χ2v) is 5.07. The molecule has 17 heavy (non-hydrogen) atoms. The molecule has 1 nitrogen and oxygen atoms in total. The normalized spacial score (nSPS) is 18.6. The van der Waals surface area contributed by atoms with Crippen LogP contribution >= 0.6 is 0 Å². The van der Waals surface area contributed by atoms with Crippen LogP contribution in [0.2, 0.25) is 0 Å². The minimum Gasteiger partial charge on any atom is -0.378 e. The molecule has 1 heteroatoms. The van der Waals surface area contributed by atoms with Gasteiger partial charge in [0.1, 0.15) is 0 Å². The number of benzene rings is 1. The molecule has 1 aliphatic rings. The molecular formula is C16H24O. The number of rotatable bonds is 4. The predicted molar refractivity (Wildman–Crippen MR) is 72.2 cm³/mol. The zero-order valence-electron chi connectivity index (χ0n) is 10.7. The Bertz CT molecular complexity index is 286. The molecule has 0 aromatic heterocycles. The quantitative estimate of drug-likeness (QED) is 0.749. The lowest BCUT2D eigenvalue weighted by Gasteiger charge is -2.20. The van der Waals surface area contributed by atoms with E-state index in [1.165, 1.54) is 50.5 Å². The van der Waals surface area contributed by atoms with Crippen molar-refractivity contribution < 1.29 is 4.74 Å². The summed E-state index contributed by atoms with van der Waals surface area (Å²) in [5.74, 6) is 0. The van der Waals surface area contributed by atoms with E-state index in [-0.39, 0.29) is 0 Å². The van der Waals surface area contributed by atoms with E-state index in [4.69, 9.17) is 4.74 Å². The van der Waals surface area contributed by atoms with E-state index >= 15 is 0 Å². The fourth-order valence-corrected chi connectivity index (χ4v) is 2.57. The average molecular weight is 232 g/mol. The van der Waals surface area contributed by atoms with Gasteiger partial charge in [0.2, 0.25) is 0 Å². The molecule has 0 saturated heterocycles. The molecule has 0 unspecified atom stereocenters. The lowest BCUT2D eigenvalue weighted by atomic mass is 9.98. The van der Waals surface area contributed by atoms with Gasteiger partial charge in [-0.05, 0) is 24.8 Å². The third-order valence-corrected chi connectivity index (χ3v) is 3.64. The number of hydrogen-bond acceptors (Lipinski definition) is 1. The highest BCUT2D eigenvalue weighted by Crippen LogP contribution is 2.19. The van der Waals surface area contributed by atoms with Crippen molar-refractivity contribution in [2.75, 3.05) is 6.61 Å². The van der Waals surface area contributed by atoms with Crippen LogP contribution < -0.4 is 0 Å². The molecule has 94 valence electrons. The Kier molecular flexibility index (Phi) is 5.57. The molecule has 0 bridgehead atoms. The Balaban J connectivity index is 1.66. The lowest BCUT2D eigenvalue weighted by Crippen LogP contribution is -2.16. The highest BCUT2D eigenvalue weighted by atomic mass is 16.5. The van der Waals surface area contributed by atoms with Gasteiger partial charge in [-0.1, -0.05) is 62.4 Å². The maximum Gasteiger partial charge on any atom is 0.0575 e. The van der Waals surface area contributed by atoms with E-state index in [2.05, 4.69) is 30.3 Å². The first-order valence-corrected chi connectivity index (χ1v) is 7.11. The first kappa shape index (κ1) is 12.6. The Labute approximate surface area is 105 Å². The smallest absolute Gasteiger partial charge is 0.0575 e. The molecule has 0 atom stereocenters. The minimum atomic E-state index is 0.527. The molecule has 0 heterocycles. The van der Waals surface area contributed by atoms with Gasteiger partial charge >= 0.3 is 0 Å². The average Bonchev–Trinajstić information content (AvgIpc) is 2.33. The molecule has 1 saturated carbocycles. The third kappa shape index (κ3) is 4.91.